The van der Waals surface area contributed by atoms with Crippen LogP contribution in [0.4, 0.5) is 0 Å². The molecule has 1 heterocycles. The van der Waals surface area contributed by atoms with E-state index in [1.807, 2.05) is 30.5 Å². The van der Waals surface area contributed by atoms with Crippen molar-refractivity contribution in [1.29, 1.82) is 0 Å². The molecule has 0 aliphatic heterocycles. The van der Waals surface area contributed by atoms with E-state index in [0.717, 1.165) is 21.6 Å². The average Bonchev–Trinajstić information content (AvgIpc) is 2.86. The van der Waals surface area contributed by atoms with Crippen LogP contribution in [-0.2, 0) is 16.1 Å². The van der Waals surface area contributed by atoms with Gasteiger partial charge in [0.2, 0.25) is 0 Å². The number of ether oxygens (including phenoxy) is 2. The Morgan fingerprint density at radius 3 is 2.85 bits per heavy atom. The molecule has 0 spiro atoms. The summed E-state index contributed by atoms with van der Waals surface area (Å²) in [4.78, 5) is 11.8. The molecule has 0 bridgehead atoms. The van der Waals surface area contributed by atoms with E-state index in [9.17, 15) is 4.79 Å². The number of hydrogen-bond acceptors (Lipinski definition) is 4. The first-order valence-corrected chi connectivity index (χ1v) is 7.00. The number of aryl methyl sites for hydroxylation is 1. The number of rotatable bonds is 6. The van der Waals surface area contributed by atoms with Gasteiger partial charge < -0.3 is 14.6 Å². The molecule has 4 nitrogen and oxygen atoms in total. The summed E-state index contributed by atoms with van der Waals surface area (Å²) in [6.45, 7) is 2.22. The zero-order valence-electron chi connectivity index (χ0n) is 11.4. The Morgan fingerprint density at radius 1 is 1.35 bits per heavy atom. The molecule has 0 radical (unpaired) electrons. The van der Waals surface area contributed by atoms with Gasteiger partial charge in [0, 0.05) is 17.6 Å². The molecular weight excluding hydrogens is 276 g/mol. The van der Waals surface area contributed by atoms with Crippen molar-refractivity contribution in [3.05, 3.63) is 40.1 Å². The summed E-state index contributed by atoms with van der Waals surface area (Å²) < 4.78 is 10.5. The van der Waals surface area contributed by atoms with Crippen LogP contribution in [0.3, 0.4) is 0 Å². The fraction of sp³-hybridized carbons (Fsp3) is 0.267. The zero-order valence-corrected chi connectivity index (χ0v) is 12.2. The van der Waals surface area contributed by atoms with E-state index in [2.05, 4.69) is 0 Å². The molecule has 0 fully saturated rings. The second-order valence-corrected chi connectivity index (χ2v) is 5.41. The predicted molar refractivity (Wildman–Crippen MR) is 78.3 cm³/mol. The molecule has 0 saturated heterocycles. The Balaban J connectivity index is 2.32. The number of carboxylic acids is 1. The quantitative estimate of drug-likeness (QED) is 0.887. The number of aliphatic carboxylic acids is 1. The minimum atomic E-state index is -0.984. The second kappa shape index (κ2) is 6.54. The second-order valence-electron chi connectivity index (χ2n) is 4.42. The van der Waals surface area contributed by atoms with Crippen LogP contribution in [-0.4, -0.2) is 24.8 Å². The van der Waals surface area contributed by atoms with Crippen LogP contribution < -0.4 is 4.74 Å². The highest BCUT2D eigenvalue weighted by Gasteiger charge is 2.10. The van der Waals surface area contributed by atoms with Crippen LogP contribution in [0, 0.1) is 6.92 Å². The van der Waals surface area contributed by atoms with Crippen molar-refractivity contribution in [3.63, 3.8) is 0 Å². The standard InChI is InChI=1S/C15H16O4S/c1-10-3-4-14(19-8-15(16)17)13(5-10)11-6-12(7-18-2)20-9-11/h3-6,9H,7-8H2,1-2H3,(H,16,17). The summed E-state index contributed by atoms with van der Waals surface area (Å²) in [7, 11) is 1.66. The summed E-state index contributed by atoms with van der Waals surface area (Å²) in [5.74, 6) is -0.401. The molecule has 0 saturated carbocycles. The monoisotopic (exact) mass is 292 g/mol. The van der Waals surface area contributed by atoms with Crippen LogP contribution in [0.15, 0.2) is 29.6 Å². The molecular formula is C15H16O4S. The van der Waals surface area contributed by atoms with Gasteiger partial charge in [-0.3, -0.25) is 0 Å². The van der Waals surface area contributed by atoms with Gasteiger partial charge in [-0.25, -0.2) is 4.79 Å². The molecule has 106 valence electrons. The van der Waals surface area contributed by atoms with Gasteiger partial charge in [-0.15, -0.1) is 11.3 Å². The van der Waals surface area contributed by atoms with Gasteiger partial charge >= 0.3 is 5.97 Å². The Hall–Kier alpha value is -1.85. The van der Waals surface area contributed by atoms with Gasteiger partial charge in [-0.05, 0) is 36.1 Å². The maximum atomic E-state index is 10.6. The Bertz CT molecular complexity index is 604. The first-order valence-electron chi connectivity index (χ1n) is 6.12. The molecule has 0 atom stereocenters. The summed E-state index contributed by atoms with van der Waals surface area (Å²) in [5.41, 5.74) is 3.03. The summed E-state index contributed by atoms with van der Waals surface area (Å²) in [6, 6.07) is 7.75. The van der Waals surface area contributed by atoms with Crippen LogP contribution in [0.1, 0.15) is 10.4 Å². The molecule has 0 aliphatic rings. The van der Waals surface area contributed by atoms with E-state index in [-0.39, 0.29) is 6.61 Å². The van der Waals surface area contributed by atoms with Gasteiger partial charge in [0.25, 0.3) is 0 Å². The van der Waals surface area contributed by atoms with Crippen molar-refractivity contribution in [2.24, 2.45) is 0 Å². The molecule has 0 amide bonds. The summed E-state index contributed by atoms with van der Waals surface area (Å²) in [5, 5.41) is 10.8. The Kier molecular flexibility index (Phi) is 4.76. The SMILES string of the molecule is COCc1cc(-c2cc(C)ccc2OCC(=O)O)cs1. The fourth-order valence-corrected chi connectivity index (χ4v) is 2.73. The van der Waals surface area contributed by atoms with Crippen LogP contribution in [0.2, 0.25) is 0 Å². The highest BCUT2D eigenvalue weighted by molar-refractivity contribution is 7.10. The first kappa shape index (κ1) is 14.6. The smallest absolute Gasteiger partial charge is 0.341 e. The van der Waals surface area contributed by atoms with Gasteiger partial charge in [0.15, 0.2) is 6.61 Å². The third-order valence-electron chi connectivity index (χ3n) is 2.74. The van der Waals surface area contributed by atoms with E-state index in [0.29, 0.717) is 12.4 Å². The molecule has 1 aromatic carbocycles. The lowest BCUT2D eigenvalue weighted by atomic mass is 10.0. The Labute approximate surface area is 121 Å². The normalized spacial score (nSPS) is 10.5. The molecule has 0 aliphatic carbocycles. The van der Waals surface area contributed by atoms with E-state index in [1.165, 1.54) is 0 Å². The Morgan fingerprint density at radius 2 is 2.15 bits per heavy atom. The topological polar surface area (TPSA) is 55.8 Å². The minimum absolute atomic E-state index is 0.342. The van der Waals surface area contributed by atoms with Crippen molar-refractivity contribution >= 4 is 17.3 Å². The van der Waals surface area contributed by atoms with Gasteiger partial charge in [0.05, 0.1) is 6.61 Å². The third kappa shape index (κ3) is 3.59. The van der Waals surface area contributed by atoms with Gasteiger partial charge in [0.1, 0.15) is 5.75 Å². The number of carbonyl (C=O) groups is 1. The van der Waals surface area contributed by atoms with Crippen LogP contribution >= 0.6 is 11.3 Å². The lowest BCUT2D eigenvalue weighted by Crippen LogP contribution is -2.09. The highest BCUT2D eigenvalue weighted by Crippen LogP contribution is 2.34. The van der Waals surface area contributed by atoms with E-state index in [4.69, 9.17) is 14.6 Å². The molecule has 1 N–H and O–H groups in total. The number of hydrogen-bond donors (Lipinski definition) is 1. The number of methoxy groups -OCH3 is 1. The predicted octanol–water partition coefficient (Wildman–Crippen LogP) is 3.33. The fourth-order valence-electron chi connectivity index (χ4n) is 1.87. The van der Waals surface area contributed by atoms with Crippen molar-refractivity contribution in [2.75, 3.05) is 13.7 Å². The van der Waals surface area contributed by atoms with Crippen LogP contribution in [0.25, 0.3) is 11.1 Å². The maximum absolute atomic E-state index is 10.6. The molecule has 20 heavy (non-hydrogen) atoms. The maximum Gasteiger partial charge on any atom is 0.341 e. The molecule has 1 aromatic heterocycles. The van der Waals surface area contributed by atoms with Crippen molar-refractivity contribution in [1.82, 2.24) is 0 Å². The zero-order chi connectivity index (χ0) is 14.5. The summed E-state index contributed by atoms with van der Waals surface area (Å²) in [6.07, 6.45) is 0. The lowest BCUT2D eigenvalue weighted by Gasteiger charge is -2.10. The lowest BCUT2D eigenvalue weighted by molar-refractivity contribution is -0.139. The largest absolute Gasteiger partial charge is 0.481 e. The van der Waals surface area contributed by atoms with Crippen LogP contribution in [0.5, 0.6) is 5.75 Å². The van der Waals surface area contributed by atoms with Crippen molar-refractivity contribution in [3.8, 4) is 16.9 Å². The van der Waals surface area contributed by atoms with Crippen molar-refractivity contribution < 1.29 is 19.4 Å². The number of carboxylic acid groups (broad SMARTS) is 1. The van der Waals surface area contributed by atoms with Crippen molar-refractivity contribution in [2.45, 2.75) is 13.5 Å². The van der Waals surface area contributed by atoms with Gasteiger partial charge in [-0.1, -0.05) is 11.6 Å². The molecule has 2 aromatic rings. The highest BCUT2D eigenvalue weighted by atomic mass is 32.1. The third-order valence-corrected chi connectivity index (χ3v) is 3.65. The molecule has 0 unspecified atom stereocenters. The number of benzene rings is 1. The van der Waals surface area contributed by atoms with Gasteiger partial charge in [-0.2, -0.15) is 0 Å². The number of thiophene rings is 1. The summed E-state index contributed by atoms with van der Waals surface area (Å²) >= 11 is 1.61. The van der Waals surface area contributed by atoms with E-state index >= 15 is 0 Å². The molecule has 5 heteroatoms. The first-order chi connectivity index (χ1) is 9.60. The van der Waals surface area contributed by atoms with E-state index in [1.54, 1.807) is 24.5 Å². The average molecular weight is 292 g/mol. The minimum Gasteiger partial charge on any atom is -0.481 e. The van der Waals surface area contributed by atoms with E-state index < -0.39 is 5.97 Å². The molecule has 2 rings (SSSR count).